The quantitative estimate of drug-likeness (QED) is 0.554. The number of para-hydroxylation sites is 1. The van der Waals surface area contributed by atoms with Crippen molar-refractivity contribution in [3.05, 3.63) is 52.5 Å². The van der Waals surface area contributed by atoms with Crippen LogP contribution in [0.1, 0.15) is 41.8 Å². The smallest absolute Gasteiger partial charge is 0.108 e. The third-order valence-electron chi connectivity index (χ3n) is 6.08. The second-order valence-corrected chi connectivity index (χ2v) is 9.33. The second-order valence-electron chi connectivity index (χ2n) is 8.21. The van der Waals surface area contributed by atoms with E-state index >= 15 is 0 Å². The molecular formula is C24H28ClN5S. The second kappa shape index (κ2) is 9.44. The summed E-state index contributed by atoms with van der Waals surface area (Å²) < 4.78 is 1.26. The average Bonchev–Trinajstić information content (AvgIpc) is 3.53. The van der Waals surface area contributed by atoms with Gasteiger partial charge in [-0.2, -0.15) is 5.26 Å². The van der Waals surface area contributed by atoms with Gasteiger partial charge in [-0.15, -0.1) is 23.7 Å². The number of rotatable bonds is 6. The fraction of sp³-hybridized carbons (Fsp3) is 0.417. The highest BCUT2D eigenvalue weighted by atomic mass is 35.5. The lowest BCUT2D eigenvalue weighted by Gasteiger charge is -2.36. The van der Waals surface area contributed by atoms with E-state index in [0.29, 0.717) is 5.92 Å². The Morgan fingerprint density at radius 2 is 1.94 bits per heavy atom. The molecule has 3 aromatic rings. The van der Waals surface area contributed by atoms with Crippen LogP contribution in [0.25, 0.3) is 10.2 Å². The molecule has 7 heteroatoms. The highest BCUT2D eigenvalue weighted by Crippen LogP contribution is 2.45. The lowest BCUT2D eigenvalue weighted by atomic mass is 10.0. The van der Waals surface area contributed by atoms with Crippen LogP contribution in [0, 0.1) is 11.3 Å². The largest absolute Gasteiger partial charge is 0.385 e. The van der Waals surface area contributed by atoms with Crippen molar-refractivity contribution in [2.75, 3.05) is 42.9 Å². The van der Waals surface area contributed by atoms with Crippen LogP contribution in [0.2, 0.25) is 0 Å². The number of nitrogens with zero attached hydrogens (tertiary/aromatic N) is 4. The van der Waals surface area contributed by atoms with Gasteiger partial charge < -0.3 is 10.2 Å². The van der Waals surface area contributed by atoms with Gasteiger partial charge in [0.25, 0.3) is 0 Å². The van der Waals surface area contributed by atoms with E-state index in [4.69, 9.17) is 4.98 Å². The zero-order valence-electron chi connectivity index (χ0n) is 17.8. The number of halogens is 1. The molecule has 1 aliphatic carbocycles. The molecule has 0 amide bonds. The molecule has 0 atom stereocenters. The number of anilines is 2. The number of hydrogen-bond donors (Lipinski definition) is 1. The first-order valence-corrected chi connectivity index (χ1v) is 11.7. The molecule has 5 rings (SSSR count). The summed E-state index contributed by atoms with van der Waals surface area (Å²) in [6.07, 6.45) is 2.53. The van der Waals surface area contributed by atoms with Crippen LogP contribution in [0.4, 0.5) is 11.4 Å². The molecule has 1 aliphatic heterocycles. The molecule has 2 aliphatic rings. The molecular weight excluding hydrogens is 426 g/mol. The summed E-state index contributed by atoms with van der Waals surface area (Å²) in [6, 6.07) is 15.2. The van der Waals surface area contributed by atoms with Crippen molar-refractivity contribution in [3.63, 3.8) is 0 Å². The van der Waals surface area contributed by atoms with Gasteiger partial charge in [-0.25, -0.2) is 4.98 Å². The highest BCUT2D eigenvalue weighted by molar-refractivity contribution is 7.18. The van der Waals surface area contributed by atoms with Crippen molar-refractivity contribution in [1.29, 1.82) is 5.26 Å². The van der Waals surface area contributed by atoms with Crippen LogP contribution in [-0.4, -0.2) is 42.6 Å². The summed E-state index contributed by atoms with van der Waals surface area (Å²) in [6.45, 7) is 7.79. The number of thiazole rings is 1. The molecule has 2 heterocycles. The minimum Gasteiger partial charge on any atom is -0.385 e. The van der Waals surface area contributed by atoms with Crippen molar-refractivity contribution in [1.82, 2.24) is 9.88 Å². The van der Waals surface area contributed by atoms with E-state index in [1.807, 2.05) is 0 Å². The van der Waals surface area contributed by atoms with Gasteiger partial charge in [0.2, 0.25) is 0 Å². The predicted molar refractivity (Wildman–Crippen MR) is 132 cm³/mol. The van der Waals surface area contributed by atoms with Crippen LogP contribution in [0.3, 0.4) is 0 Å². The SMILES string of the molecule is CCNc1cc(C#N)c(N2CCN(Cc3nc4ccccc4s3)CC2)cc1C1CC1.Cl. The van der Waals surface area contributed by atoms with Crippen molar-refractivity contribution >= 4 is 45.3 Å². The Bertz CT molecular complexity index is 1060. The normalized spacial score (nSPS) is 16.7. The van der Waals surface area contributed by atoms with E-state index in [-0.39, 0.29) is 12.4 Å². The molecule has 162 valence electrons. The maximum atomic E-state index is 9.78. The number of nitriles is 1. The van der Waals surface area contributed by atoms with Crippen LogP contribution in [0.15, 0.2) is 36.4 Å². The first kappa shape index (κ1) is 21.9. The van der Waals surface area contributed by atoms with E-state index in [1.165, 1.54) is 28.1 Å². The van der Waals surface area contributed by atoms with Crippen LogP contribution in [0.5, 0.6) is 0 Å². The van der Waals surface area contributed by atoms with Gasteiger partial charge in [-0.1, -0.05) is 12.1 Å². The Labute approximate surface area is 194 Å². The lowest BCUT2D eigenvalue weighted by molar-refractivity contribution is 0.249. The fourth-order valence-corrected chi connectivity index (χ4v) is 5.37. The average molecular weight is 454 g/mol. The number of piperazine rings is 1. The van der Waals surface area contributed by atoms with Gasteiger partial charge in [-0.05, 0) is 55.5 Å². The molecule has 0 radical (unpaired) electrons. The molecule has 1 saturated heterocycles. The van der Waals surface area contributed by atoms with Gasteiger partial charge in [0, 0.05) is 38.4 Å². The predicted octanol–water partition coefficient (Wildman–Crippen LogP) is 5.22. The maximum absolute atomic E-state index is 9.78. The minimum atomic E-state index is 0. The molecule has 2 fully saturated rings. The summed E-state index contributed by atoms with van der Waals surface area (Å²) in [5, 5.41) is 14.4. The number of hydrogen-bond acceptors (Lipinski definition) is 6. The zero-order valence-corrected chi connectivity index (χ0v) is 19.4. The Kier molecular flexibility index (Phi) is 6.66. The monoisotopic (exact) mass is 453 g/mol. The van der Waals surface area contributed by atoms with E-state index < -0.39 is 0 Å². The van der Waals surface area contributed by atoms with Crippen LogP contribution in [-0.2, 0) is 6.54 Å². The fourth-order valence-electron chi connectivity index (χ4n) is 4.36. The maximum Gasteiger partial charge on any atom is 0.108 e. The summed E-state index contributed by atoms with van der Waals surface area (Å²) in [5.41, 5.74) is 5.54. The third kappa shape index (κ3) is 4.64. The van der Waals surface area contributed by atoms with Crippen molar-refractivity contribution in [2.45, 2.75) is 32.2 Å². The van der Waals surface area contributed by atoms with Crippen LogP contribution < -0.4 is 10.2 Å². The third-order valence-corrected chi connectivity index (χ3v) is 7.10. The summed E-state index contributed by atoms with van der Waals surface area (Å²) >= 11 is 1.80. The van der Waals surface area contributed by atoms with Gasteiger partial charge in [0.15, 0.2) is 0 Å². The molecule has 2 aromatic carbocycles. The topological polar surface area (TPSA) is 55.2 Å². The number of benzene rings is 2. The van der Waals surface area contributed by atoms with Gasteiger partial charge in [0.1, 0.15) is 11.1 Å². The molecule has 1 saturated carbocycles. The molecule has 0 unspecified atom stereocenters. The first-order chi connectivity index (χ1) is 14.7. The molecule has 0 spiro atoms. The van der Waals surface area contributed by atoms with E-state index in [0.717, 1.165) is 61.7 Å². The molecule has 0 bridgehead atoms. The lowest BCUT2D eigenvalue weighted by Crippen LogP contribution is -2.46. The molecule has 31 heavy (non-hydrogen) atoms. The molecule has 1 aromatic heterocycles. The van der Waals surface area contributed by atoms with E-state index in [2.05, 4.69) is 64.5 Å². The zero-order chi connectivity index (χ0) is 20.5. The summed E-state index contributed by atoms with van der Waals surface area (Å²) in [7, 11) is 0. The van der Waals surface area contributed by atoms with Crippen molar-refractivity contribution < 1.29 is 0 Å². The summed E-state index contributed by atoms with van der Waals surface area (Å²) in [5.74, 6) is 0.658. The first-order valence-electron chi connectivity index (χ1n) is 10.9. The van der Waals surface area contributed by atoms with E-state index in [1.54, 1.807) is 11.3 Å². The Hall–Kier alpha value is -2.33. The minimum absolute atomic E-state index is 0. The van der Waals surface area contributed by atoms with Crippen molar-refractivity contribution in [3.8, 4) is 6.07 Å². The molecule has 5 nitrogen and oxygen atoms in total. The molecule has 1 N–H and O–H groups in total. The number of nitrogens with one attached hydrogen (secondary N) is 1. The van der Waals surface area contributed by atoms with Gasteiger partial charge in [-0.3, -0.25) is 4.90 Å². The van der Waals surface area contributed by atoms with Gasteiger partial charge in [0.05, 0.1) is 28.0 Å². The Balaban J connectivity index is 0.00000231. The Morgan fingerprint density at radius 1 is 1.16 bits per heavy atom. The van der Waals surface area contributed by atoms with Crippen LogP contribution >= 0.6 is 23.7 Å². The Morgan fingerprint density at radius 3 is 2.61 bits per heavy atom. The van der Waals surface area contributed by atoms with Crippen molar-refractivity contribution in [2.24, 2.45) is 0 Å². The van der Waals surface area contributed by atoms with E-state index in [9.17, 15) is 5.26 Å². The number of aromatic nitrogens is 1. The number of fused-ring (bicyclic) bond motifs is 1. The van der Waals surface area contributed by atoms with Gasteiger partial charge >= 0.3 is 0 Å². The standard InChI is InChI=1S/C24H27N5S.ClH/c1-2-26-21-13-18(15-25)22(14-19(21)17-7-8-17)29-11-9-28(10-12-29)16-24-27-20-5-3-4-6-23(20)30-24;/h3-6,13-14,17,26H,2,7-12,16H2,1H3;1H. The highest BCUT2D eigenvalue weighted by Gasteiger charge is 2.29. The summed E-state index contributed by atoms with van der Waals surface area (Å²) in [4.78, 5) is 9.67.